The maximum Gasteiger partial charge on any atom is 0.313 e. The van der Waals surface area contributed by atoms with E-state index in [1.54, 1.807) is 12.4 Å². The predicted octanol–water partition coefficient (Wildman–Crippen LogP) is 1.39. The molecule has 1 aromatic rings. The number of aromatic nitrogens is 1. The van der Waals surface area contributed by atoms with E-state index >= 15 is 0 Å². The summed E-state index contributed by atoms with van der Waals surface area (Å²) in [5.74, 6) is -0.664. The van der Waals surface area contributed by atoms with Gasteiger partial charge in [-0.3, -0.25) is 14.6 Å². The van der Waals surface area contributed by atoms with Gasteiger partial charge in [0.1, 0.15) is 0 Å². The molecule has 2 rings (SSSR count). The number of pyridine rings is 1. The summed E-state index contributed by atoms with van der Waals surface area (Å²) in [5, 5.41) is 8.57. The van der Waals surface area contributed by atoms with Crippen LogP contribution in [0.15, 0.2) is 24.5 Å². The Balaban J connectivity index is 1.89. The Labute approximate surface area is 116 Å². The van der Waals surface area contributed by atoms with Gasteiger partial charge in [-0.1, -0.05) is 0 Å². The predicted molar refractivity (Wildman–Crippen MR) is 72.8 cm³/mol. The van der Waals surface area contributed by atoms with Crippen LogP contribution in [0.3, 0.4) is 0 Å². The molecule has 0 spiro atoms. The summed E-state index contributed by atoms with van der Waals surface area (Å²) >= 11 is 1.15. The van der Waals surface area contributed by atoms with Crippen molar-refractivity contribution in [1.82, 2.24) is 9.88 Å². The van der Waals surface area contributed by atoms with E-state index in [1.807, 2.05) is 17.0 Å². The van der Waals surface area contributed by atoms with Crippen molar-refractivity contribution in [1.29, 1.82) is 0 Å². The maximum absolute atomic E-state index is 12.1. The third-order valence-corrected chi connectivity index (χ3v) is 3.76. The molecule has 1 aliphatic carbocycles. The monoisotopic (exact) mass is 280 g/mol. The van der Waals surface area contributed by atoms with Crippen LogP contribution in [0.25, 0.3) is 0 Å². The number of carbonyl (C=O) groups is 2. The fraction of sp³-hybridized carbons (Fsp3) is 0.462. The van der Waals surface area contributed by atoms with Gasteiger partial charge in [-0.2, -0.15) is 0 Å². The molecular formula is C13H16N2O3S. The van der Waals surface area contributed by atoms with Crippen molar-refractivity contribution in [2.75, 3.05) is 11.5 Å². The maximum atomic E-state index is 12.1. The number of nitrogens with zero attached hydrogens (tertiary/aromatic N) is 2. The highest BCUT2D eigenvalue weighted by molar-refractivity contribution is 8.00. The zero-order valence-corrected chi connectivity index (χ0v) is 11.3. The summed E-state index contributed by atoms with van der Waals surface area (Å²) in [5.41, 5.74) is 1.05. The molecule has 1 fully saturated rings. The van der Waals surface area contributed by atoms with Crippen molar-refractivity contribution in [2.24, 2.45) is 0 Å². The van der Waals surface area contributed by atoms with E-state index in [0.717, 1.165) is 30.2 Å². The minimum atomic E-state index is -0.884. The SMILES string of the molecule is O=C(O)CSCC(=O)N(Cc1ccncc1)C1CC1. The van der Waals surface area contributed by atoms with Gasteiger partial charge in [-0.05, 0) is 30.5 Å². The standard InChI is InChI=1S/C13H16N2O3S/c16-12(8-19-9-13(17)18)15(11-1-2-11)7-10-3-5-14-6-4-10/h3-6,11H,1-2,7-9H2,(H,17,18). The van der Waals surface area contributed by atoms with Crippen molar-refractivity contribution in [2.45, 2.75) is 25.4 Å². The van der Waals surface area contributed by atoms with Crippen LogP contribution in [-0.2, 0) is 16.1 Å². The van der Waals surface area contributed by atoms with E-state index < -0.39 is 5.97 Å². The Morgan fingerprint density at radius 1 is 1.32 bits per heavy atom. The summed E-state index contributed by atoms with van der Waals surface area (Å²) in [7, 11) is 0. The van der Waals surface area contributed by atoms with Crippen molar-refractivity contribution in [3.05, 3.63) is 30.1 Å². The minimum Gasteiger partial charge on any atom is -0.481 e. The van der Waals surface area contributed by atoms with Gasteiger partial charge >= 0.3 is 5.97 Å². The Morgan fingerprint density at radius 2 is 2.00 bits per heavy atom. The number of carboxylic acids is 1. The third-order valence-electron chi connectivity index (χ3n) is 2.86. The number of hydrogen-bond acceptors (Lipinski definition) is 4. The summed E-state index contributed by atoms with van der Waals surface area (Å²) in [6, 6.07) is 4.12. The van der Waals surface area contributed by atoms with Crippen LogP contribution in [0.1, 0.15) is 18.4 Å². The molecule has 1 heterocycles. The van der Waals surface area contributed by atoms with Gasteiger partial charge in [-0.25, -0.2) is 0 Å². The third kappa shape index (κ3) is 4.55. The Kier molecular flexibility index (Phi) is 4.79. The normalized spacial score (nSPS) is 14.1. The van der Waals surface area contributed by atoms with Crippen molar-refractivity contribution < 1.29 is 14.7 Å². The molecule has 1 aliphatic rings. The van der Waals surface area contributed by atoms with E-state index in [-0.39, 0.29) is 17.4 Å². The van der Waals surface area contributed by atoms with Crippen LogP contribution in [-0.4, -0.2) is 44.4 Å². The van der Waals surface area contributed by atoms with Crippen LogP contribution in [0.4, 0.5) is 0 Å². The topological polar surface area (TPSA) is 70.5 Å². The largest absolute Gasteiger partial charge is 0.481 e. The average Bonchev–Trinajstić information content (AvgIpc) is 3.21. The quantitative estimate of drug-likeness (QED) is 0.817. The molecule has 0 radical (unpaired) electrons. The molecule has 1 amide bonds. The highest BCUT2D eigenvalue weighted by Gasteiger charge is 2.32. The summed E-state index contributed by atoms with van der Waals surface area (Å²) < 4.78 is 0. The van der Waals surface area contributed by atoms with Crippen LogP contribution in [0.2, 0.25) is 0 Å². The van der Waals surface area contributed by atoms with E-state index in [9.17, 15) is 9.59 Å². The van der Waals surface area contributed by atoms with Gasteiger partial charge in [0, 0.05) is 25.0 Å². The molecule has 19 heavy (non-hydrogen) atoms. The van der Waals surface area contributed by atoms with Crippen molar-refractivity contribution >= 4 is 23.6 Å². The molecule has 0 aliphatic heterocycles. The lowest BCUT2D eigenvalue weighted by molar-refractivity contribution is -0.133. The second-order valence-electron chi connectivity index (χ2n) is 4.49. The lowest BCUT2D eigenvalue weighted by Crippen LogP contribution is -2.34. The molecule has 0 aromatic carbocycles. The Hall–Kier alpha value is -1.56. The molecule has 0 bridgehead atoms. The second-order valence-corrected chi connectivity index (χ2v) is 5.48. The molecule has 6 heteroatoms. The number of amides is 1. The number of carboxylic acid groups (broad SMARTS) is 1. The molecule has 0 unspecified atom stereocenters. The minimum absolute atomic E-state index is 0.0190. The number of aliphatic carboxylic acids is 1. The summed E-state index contributed by atoms with van der Waals surface area (Å²) in [6.45, 7) is 0.583. The van der Waals surface area contributed by atoms with E-state index in [0.29, 0.717) is 12.6 Å². The van der Waals surface area contributed by atoms with Crippen molar-refractivity contribution in [3.8, 4) is 0 Å². The van der Waals surface area contributed by atoms with Crippen LogP contribution in [0, 0.1) is 0 Å². The summed E-state index contributed by atoms with van der Waals surface area (Å²) in [6.07, 6.45) is 5.51. The van der Waals surface area contributed by atoms with Crippen LogP contribution >= 0.6 is 11.8 Å². The lowest BCUT2D eigenvalue weighted by Gasteiger charge is -2.22. The molecule has 0 saturated heterocycles. The van der Waals surface area contributed by atoms with E-state index in [1.165, 1.54) is 0 Å². The first-order valence-electron chi connectivity index (χ1n) is 6.14. The van der Waals surface area contributed by atoms with Crippen LogP contribution in [0.5, 0.6) is 0 Å². The molecular weight excluding hydrogens is 264 g/mol. The van der Waals surface area contributed by atoms with Gasteiger partial charge in [0.2, 0.25) is 5.91 Å². The molecule has 1 aromatic heterocycles. The highest BCUT2D eigenvalue weighted by Crippen LogP contribution is 2.28. The first-order chi connectivity index (χ1) is 9.16. The molecule has 0 atom stereocenters. The molecule has 5 nitrogen and oxygen atoms in total. The number of hydrogen-bond donors (Lipinski definition) is 1. The van der Waals surface area contributed by atoms with Gasteiger partial charge in [0.05, 0.1) is 11.5 Å². The van der Waals surface area contributed by atoms with Gasteiger partial charge < -0.3 is 10.0 Å². The van der Waals surface area contributed by atoms with Gasteiger partial charge in [0.25, 0.3) is 0 Å². The van der Waals surface area contributed by atoms with E-state index in [4.69, 9.17) is 5.11 Å². The number of rotatable bonds is 7. The van der Waals surface area contributed by atoms with E-state index in [2.05, 4.69) is 4.98 Å². The van der Waals surface area contributed by atoms with Gasteiger partial charge in [-0.15, -0.1) is 11.8 Å². The Bertz CT molecular complexity index is 448. The molecule has 102 valence electrons. The first-order valence-corrected chi connectivity index (χ1v) is 7.30. The number of thioether (sulfide) groups is 1. The smallest absolute Gasteiger partial charge is 0.313 e. The van der Waals surface area contributed by atoms with Crippen molar-refractivity contribution in [3.63, 3.8) is 0 Å². The van der Waals surface area contributed by atoms with Gasteiger partial charge in [0.15, 0.2) is 0 Å². The second kappa shape index (κ2) is 6.56. The fourth-order valence-electron chi connectivity index (χ4n) is 1.80. The zero-order valence-electron chi connectivity index (χ0n) is 10.5. The fourth-order valence-corrected chi connectivity index (χ4v) is 2.42. The lowest BCUT2D eigenvalue weighted by atomic mass is 10.2. The first kappa shape index (κ1) is 13.9. The Morgan fingerprint density at radius 3 is 2.58 bits per heavy atom. The highest BCUT2D eigenvalue weighted by atomic mass is 32.2. The zero-order chi connectivity index (χ0) is 13.7. The summed E-state index contributed by atoms with van der Waals surface area (Å²) in [4.78, 5) is 28.3. The number of carbonyl (C=O) groups excluding carboxylic acids is 1. The average molecular weight is 280 g/mol. The molecule has 1 saturated carbocycles. The molecule has 1 N–H and O–H groups in total. The van der Waals surface area contributed by atoms with Crippen LogP contribution < -0.4 is 0 Å².